The van der Waals surface area contributed by atoms with Crippen LogP contribution in [0.1, 0.15) is 17.6 Å². The number of thioether (sulfide) groups is 1. The van der Waals surface area contributed by atoms with E-state index >= 15 is 0 Å². The Morgan fingerprint density at radius 1 is 1.31 bits per heavy atom. The predicted octanol–water partition coefficient (Wildman–Crippen LogP) is 4.52. The maximum Gasteiger partial charge on any atom is 0.232 e. The molecule has 0 fully saturated rings. The highest BCUT2D eigenvalue weighted by atomic mass is 35.5. The predicted molar refractivity (Wildman–Crippen MR) is 107 cm³/mol. The first-order chi connectivity index (χ1) is 12.6. The topological polar surface area (TPSA) is 77.0 Å². The van der Waals surface area contributed by atoms with Crippen LogP contribution in [0.25, 0.3) is 0 Å². The molecule has 0 aliphatic heterocycles. The molecule has 0 saturated heterocycles. The molecular weight excluding hydrogens is 412 g/mol. The molecule has 0 radical (unpaired) electrons. The summed E-state index contributed by atoms with van der Waals surface area (Å²) in [5.41, 5.74) is 0.704. The van der Waals surface area contributed by atoms with E-state index in [1.807, 2.05) is 12.3 Å². The molecule has 1 amide bonds. The van der Waals surface area contributed by atoms with Gasteiger partial charge in [0.05, 0.1) is 12.1 Å². The lowest BCUT2D eigenvalue weighted by Crippen LogP contribution is -2.14. The van der Waals surface area contributed by atoms with Gasteiger partial charge in [-0.3, -0.25) is 4.79 Å². The van der Waals surface area contributed by atoms with E-state index in [0.29, 0.717) is 22.5 Å². The van der Waals surface area contributed by atoms with E-state index < -0.39 is 0 Å². The third-order valence-electron chi connectivity index (χ3n) is 3.04. The lowest BCUT2D eigenvalue weighted by atomic mass is 10.3. The van der Waals surface area contributed by atoms with Crippen molar-refractivity contribution in [2.45, 2.75) is 24.3 Å². The summed E-state index contributed by atoms with van der Waals surface area (Å²) in [5, 5.41) is 14.6. The Balaban J connectivity index is 1.49. The van der Waals surface area contributed by atoms with Gasteiger partial charge in [0.1, 0.15) is 17.4 Å². The number of nitrogens with one attached hydrogen (secondary N) is 1. The highest BCUT2D eigenvalue weighted by Gasteiger charge is 2.11. The van der Waals surface area contributed by atoms with Gasteiger partial charge in [-0.2, -0.15) is 0 Å². The number of amides is 1. The van der Waals surface area contributed by atoms with Crippen molar-refractivity contribution in [3.8, 4) is 5.75 Å². The fourth-order valence-electron chi connectivity index (χ4n) is 1.94. The fraction of sp³-hybridized carbons (Fsp3) is 0.250. The van der Waals surface area contributed by atoms with E-state index in [9.17, 15) is 4.79 Å². The molecule has 136 valence electrons. The second-order valence-electron chi connectivity index (χ2n) is 5.01. The SMILES string of the molecule is CCSc1nnc(NC(=O)Cc2csc(COc3ccc(Cl)cc3)n2)s1. The van der Waals surface area contributed by atoms with E-state index in [1.54, 1.807) is 36.0 Å². The Morgan fingerprint density at radius 3 is 2.88 bits per heavy atom. The smallest absolute Gasteiger partial charge is 0.232 e. The summed E-state index contributed by atoms with van der Waals surface area (Å²) >= 11 is 10.3. The minimum Gasteiger partial charge on any atom is -0.486 e. The van der Waals surface area contributed by atoms with Crippen LogP contribution in [0.5, 0.6) is 5.75 Å². The zero-order valence-corrected chi connectivity index (χ0v) is 17.0. The summed E-state index contributed by atoms with van der Waals surface area (Å²) in [6, 6.07) is 7.15. The van der Waals surface area contributed by atoms with Gasteiger partial charge < -0.3 is 10.1 Å². The average Bonchev–Trinajstić information content (AvgIpc) is 3.24. The summed E-state index contributed by atoms with van der Waals surface area (Å²) in [7, 11) is 0. The number of benzene rings is 1. The van der Waals surface area contributed by atoms with Crippen molar-refractivity contribution in [1.29, 1.82) is 0 Å². The number of nitrogens with zero attached hydrogens (tertiary/aromatic N) is 3. The van der Waals surface area contributed by atoms with Crippen LogP contribution in [-0.2, 0) is 17.8 Å². The van der Waals surface area contributed by atoms with Gasteiger partial charge in [0.2, 0.25) is 11.0 Å². The summed E-state index contributed by atoms with van der Waals surface area (Å²) in [6.45, 7) is 2.39. The molecule has 2 heterocycles. The van der Waals surface area contributed by atoms with Crippen LogP contribution in [0.2, 0.25) is 5.02 Å². The highest BCUT2D eigenvalue weighted by Crippen LogP contribution is 2.25. The molecule has 26 heavy (non-hydrogen) atoms. The Labute approximate surface area is 168 Å². The van der Waals surface area contributed by atoms with Crippen LogP contribution in [0, 0.1) is 0 Å². The number of thiazole rings is 1. The van der Waals surface area contributed by atoms with Gasteiger partial charge in [-0.15, -0.1) is 21.5 Å². The lowest BCUT2D eigenvalue weighted by Gasteiger charge is -2.03. The van der Waals surface area contributed by atoms with E-state index in [4.69, 9.17) is 16.3 Å². The normalized spacial score (nSPS) is 10.7. The first-order valence-corrected chi connectivity index (χ1v) is 10.8. The van der Waals surface area contributed by atoms with Crippen molar-refractivity contribution in [1.82, 2.24) is 15.2 Å². The maximum absolute atomic E-state index is 12.1. The fourth-order valence-corrected chi connectivity index (χ4v) is 4.44. The molecule has 0 unspecified atom stereocenters. The maximum atomic E-state index is 12.1. The molecule has 0 atom stereocenters. The van der Waals surface area contributed by atoms with Crippen molar-refractivity contribution < 1.29 is 9.53 Å². The van der Waals surface area contributed by atoms with Gasteiger partial charge >= 0.3 is 0 Å². The molecule has 3 rings (SSSR count). The van der Waals surface area contributed by atoms with Gasteiger partial charge in [0.15, 0.2) is 4.34 Å². The second kappa shape index (κ2) is 9.31. The van der Waals surface area contributed by atoms with E-state index in [2.05, 4.69) is 20.5 Å². The largest absolute Gasteiger partial charge is 0.486 e. The van der Waals surface area contributed by atoms with Crippen molar-refractivity contribution in [2.24, 2.45) is 0 Å². The van der Waals surface area contributed by atoms with Crippen molar-refractivity contribution in [3.63, 3.8) is 0 Å². The Morgan fingerprint density at radius 2 is 2.12 bits per heavy atom. The van der Waals surface area contributed by atoms with Gasteiger partial charge in [0, 0.05) is 10.4 Å². The number of hydrogen-bond acceptors (Lipinski definition) is 8. The summed E-state index contributed by atoms with van der Waals surface area (Å²) in [6.07, 6.45) is 0.188. The molecule has 1 N–H and O–H groups in total. The van der Waals surface area contributed by atoms with E-state index in [0.717, 1.165) is 20.8 Å². The summed E-state index contributed by atoms with van der Waals surface area (Å²) < 4.78 is 6.50. The molecule has 3 aromatic rings. The Bertz CT molecular complexity index is 867. The standard InChI is InChI=1S/C16H15ClN4O2S3/c1-2-24-16-21-20-15(26-16)19-13(22)7-11-9-25-14(18-11)8-23-12-5-3-10(17)4-6-12/h3-6,9H,2,7-8H2,1H3,(H,19,20,22). The number of halogens is 1. The monoisotopic (exact) mass is 426 g/mol. The molecule has 0 spiro atoms. The third kappa shape index (κ3) is 5.66. The zero-order chi connectivity index (χ0) is 18.4. The minimum absolute atomic E-state index is 0.162. The van der Waals surface area contributed by atoms with Crippen LogP contribution in [0.3, 0.4) is 0 Å². The lowest BCUT2D eigenvalue weighted by molar-refractivity contribution is -0.115. The first kappa shape index (κ1) is 19.1. The number of anilines is 1. The van der Waals surface area contributed by atoms with Crippen LogP contribution in [-0.4, -0.2) is 26.8 Å². The van der Waals surface area contributed by atoms with E-state index in [1.165, 1.54) is 22.7 Å². The van der Waals surface area contributed by atoms with Crippen molar-refractivity contribution in [3.05, 3.63) is 45.4 Å². The van der Waals surface area contributed by atoms with Crippen molar-refractivity contribution in [2.75, 3.05) is 11.1 Å². The molecule has 0 saturated carbocycles. The summed E-state index contributed by atoms with van der Waals surface area (Å²) in [4.78, 5) is 16.5. The average molecular weight is 427 g/mol. The van der Waals surface area contributed by atoms with Gasteiger partial charge in [-0.1, -0.05) is 41.6 Å². The number of carbonyl (C=O) groups is 1. The zero-order valence-electron chi connectivity index (χ0n) is 13.8. The van der Waals surface area contributed by atoms with Gasteiger partial charge in [-0.05, 0) is 30.0 Å². The molecule has 10 heteroatoms. The Kier molecular flexibility index (Phi) is 6.84. The van der Waals surface area contributed by atoms with Crippen molar-refractivity contribution >= 4 is 57.1 Å². The highest BCUT2D eigenvalue weighted by molar-refractivity contribution is 8.01. The Hall–Kier alpha value is -1.68. The van der Waals surface area contributed by atoms with Crippen LogP contribution < -0.4 is 10.1 Å². The quantitative estimate of drug-likeness (QED) is 0.421. The molecule has 6 nitrogen and oxygen atoms in total. The van der Waals surface area contributed by atoms with Crippen LogP contribution >= 0.6 is 46.0 Å². The minimum atomic E-state index is -0.162. The number of ether oxygens (including phenoxy) is 1. The molecule has 2 aromatic heterocycles. The molecule has 0 aliphatic carbocycles. The number of carbonyl (C=O) groups excluding carboxylic acids is 1. The third-order valence-corrected chi connectivity index (χ3v) is 6.01. The van der Waals surface area contributed by atoms with E-state index in [-0.39, 0.29) is 12.3 Å². The first-order valence-electron chi connectivity index (χ1n) is 7.70. The van der Waals surface area contributed by atoms with Gasteiger partial charge in [-0.25, -0.2) is 4.98 Å². The molecule has 0 aliphatic rings. The van der Waals surface area contributed by atoms with Gasteiger partial charge in [0.25, 0.3) is 0 Å². The number of hydrogen-bond donors (Lipinski definition) is 1. The second-order valence-corrected chi connectivity index (χ2v) is 8.87. The van der Waals surface area contributed by atoms with Crippen LogP contribution in [0.4, 0.5) is 5.13 Å². The number of rotatable bonds is 8. The summed E-state index contributed by atoms with van der Waals surface area (Å²) in [5.74, 6) is 1.48. The molecule has 0 bridgehead atoms. The molecular formula is C16H15ClN4O2S3. The molecule has 1 aromatic carbocycles. The van der Waals surface area contributed by atoms with Crippen LogP contribution in [0.15, 0.2) is 34.0 Å². The number of aromatic nitrogens is 3.